The SMILES string of the molecule is CNC(c1cn2nc(C)c(N3CCN[C@@H](C)C3)nc2n1)C1CCC(F)(P)CC1. The van der Waals surface area contributed by atoms with E-state index in [2.05, 4.69) is 31.7 Å². The molecule has 3 heterocycles. The second-order valence-corrected chi connectivity index (χ2v) is 9.41. The van der Waals surface area contributed by atoms with E-state index in [4.69, 9.17) is 15.1 Å². The van der Waals surface area contributed by atoms with Crippen molar-refractivity contribution in [1.82, 2.24) is 30.2 Å². The standard InChI is InChI=1S/C19H31FN7P/c1-12-10-26(9-8-22-12)17-13(2)25-27-11-15(23-18(27)24-17)16(21-3)14-4-6-19(20,28)7-5-14/h11-12,14,16,21-22H,4-10,28H2,1-3H3/t12-,14?,16?,19?/m0/s1. The van der Waals surface area contributed by atoms with E-state index in [1.807, 2.05) is 20.2 Å². The number of piperazine rings is 1. The molecule has 3 atom stereocenters. The largest absolute Gasteiger partial charge is 0.352 e. The molecule has 1 saturated heterocycles. The zero-order valence-electron chi connectivity index (χ0n) is 17.0. The number of aryl methyl sites for hydroxylation is 1. The minimum absolute atomic E-state index is 0.0903. The summed E-state index contributed by atoms with van der Waals surface area (Å²) in [4.78, 5) is 11.9. The predicted molar refractivity (Wildman–Crippen MR) is 113 cm³/mol. The molecule has 0 bridgehead atoms. The van der Waals surface area contributed by atoms with Crippen LogP contribution in [0.4, 0.5) is 10.2 Å². The zero-order valence-corrected chi connectivity index (χ0v) is 18.1. The van der Waals surface area contributed by atoms with Gasteiger partial charge in [-0.2, -0.15) is 10.1 Å². The quantitative estimate of drug-likeness (QED) is 0.758. The summed E-state index contributed by atoms with van der Waals surface area (Å²) in [7, 11) is 4.33. The molecule has 1 aliphatic heterocycles. The maximum atomic E-state index is 14.2. The molecule has 0 radical (unpaired) electrons. The summed E-state index contributed by atoms with van der Waals surface area (Å²) in [6.45, 7) is 6.97. The van der Waals surface area contributed by atoms with E-state index in [0.717, 1.165) is 49.7 Å². The first-order valence-electron chi connectivity index (χ1n) is 10.2. The van der Waals surface area contributed by atoms with Crippen molar-refractivity contribution in [3.8, 4) is 0 Å². The second-order valence-electron chi connectivity index (χ2n) is 8.37. The predicted octanol–water partition coefficient (Wildman–Crippen LogP) is 2.22. The number of imidazole rings is 1. The molecule has 2 aromatic rings. The number of alkyl halides is 1. The summed E-state index contributed by atoms with van der Waals surface area (Å²) < 4.78 is 15.9. The summed E-state index contributed by atoms with van der Waals surface area (Å²) >= 11 is 0. The number of rotatable bonds is 4. The van der Waals surface area contributed by atoms with E-state index in [9.17, 15) is 4.39 Å². The van der Waals surface area contributed by atoms with E-state index >= 15 is 0 Å². The fourth-order valence-electron chi connectivity index (χ4n) is 4.56. The summed E-state index contributed by atoms with van der Waals surface area (Å²) in [5.41, 5.74) is 1.85. The minimum Gasteiger partial charge on any atom is -0.352 e. The van der Waals surface area contributed by atoms with E-state index < -0.39 is 5.41 Å². The third-order valence-corrected chi connectivity index (χ3v) is 6.68. The van der Waals surface area contributed by atoms with Crippen LogP contribution in [-0.4, -0.2) is 57.7 Å². The van der Waals surface area contributed by atoms with Gasteiger partial charge in [0.25, 0.3) is 5.78 Å². The van der Waals surface area contributed by atoms with E-state index in [1.165, 1.54) is 0 Å². The first kappa shape index (κ1) is 19.9. The molecule has 2 aliphatic rings. The van der Waals surface area contributed by atoms with Crippen molar-refractivity contribution in [2.45, 2.75) is 57.0 Å². The fourth-order valence-corrected chi connectivity index (χ4v) is 4.90. The van der Waals surface area contributed by atoms with Crippen LogP contribution in [-0.2, 0) is 0 Å². The first-order chi connectivity index (χ1) is 13.4. The normalized spacial score (nSPS) is 30.0. The molecule has 1 saturated carbocycles. The van der Waals surface area contributed by atoms with Crippen LogP contribution in [0.1, 0.15) is 50.0 Å². The molecule has 0 spiro atoms. The van der Waals surface area contributed by atoms with E-state index in [1.54, 1.807) is 4.52 Å². The van der Waals surface area contributed by atoms with Crippen LogP contribution in [0.5, 0.6) is 0 Å². The van der Waals surface area contributed by atoms with Gasteiger partial charge in [0.2, 0.25) is 0 Å². The third kappa shape index (κ3) is 4.00. The van der Waals surface area contributed by atoms with Gasteiger partial charge in [-0.05, 0) is 52.5 Å². The monoisotopic (exact) mass is 407 g/mol. The van der Waals surface area contributed by atoms with Crippen LogP contribution in [0.3, 0.4) is 0 Å². The lowest BCUT2D eigenvalue weighted by Gasteiger charge is -2.34. The van der Waals surface area contributed by atoms with Crippen LogP contribution >= 0.6 is 9.24 Å². The van der Waals surface area contributed by atoms with Crippen molar-refractivity contribution in [3.05, 3.63) is 17.6 Å². The lowest BCUT2D eigenvalue weighted by atomic mass is 9.81. The number of hydrogen-bond acceptors (Lipinski definition) is 6. The molecule has 154 valence electrons. The van der Waals surface area contributed by atoms with E-state index in [0.29, 0.717) is 30.6 Å². The number of nitrogens with one attached hydrogen (secondary N) is 2. The molecule has 0 aromatic carbocycles. The highest BCUT2D eigenvalue weighted by Gasteiger charge is 2.35. The van der Waals surface area contributed by atoms with Gasteiger partial charge < -0.3 is 15.5 Å². The molecule has 2 unspecified atom stereocenters. The van der Waals surface area contributed by atoms with Gasteiger partial charge >= 0.3 is 0 Å². The Morgan fingerprint density at radius 3 is 2.79 bits per heavy atom. The molecule has 1 aliphatic carbocycles. The molecule has 28 heavy (non-hydrogen) atoms. The van der Waals surface area contributed by atoms with Crippen LogP contribution in [0.15, 0.2) is 6.20 Å². The van der Waals surface area contributed by atoms with E-state index in [-0.39, 0.29) is 6.04 Å². The van der Waals surface area contributed by atoms with Gasteiger partial charge in [0, 0.05) is 25.7 Å². The Labute approximate surface area is 168 Å². The molecule has 4 rings (SSSR count). The Morgan fingerprint density at radius 2 is 2.11 bits per heavy atom. The van der Waals surface area contributed by atoms with Gasteiger partial charge in [-0.3, -0.25) is 0 Å². The maximum absolute atomic E-state index is 14.2. The van der Waals surface area contributed by atoms with Crippen LogP contribution in [0, 0.1) is 12.8 Å². The van der Waals surface area contributed by atoms with Gasteiger partial charge in [-0.15, -0.1) is 0 Å². The van der Waals surface area contributed by atoms with Gasteiger partial charge in [0.1, 0.15) is 11.1 Å². The summed E-state index contributed by atoms with van der Waals surface area (Å²) in [6.07, 6.45) is 4.83. The molecule has 2 aromatic heterocycles. The summed E-state index contributed by atoms with van der Waals surface area (Å²) in [5.74, 6) is 1.92. The molecular formula is C19H31FN7P. The van der Waals surface area contributed by atoms with Crippen molar-refractivity contribution >= 4 is 20.8 Å². The maximum Gasteiger partial charge on any atom is 0.252 e. The van der Waals surface area contributed by atoms with Crippen LogP contribution in [0.25, 0.3) is 5.78 Å². The lowest BCUT2D eigenvalue weighted by Crippen LogP contribution is -2.49. The first-order valence-corrected chi connectivity index (χ1v) is 10.8. The Morgan fingerprint density at radius 1 is 1.36 bits per heavy atom. The van der Waals surface area contributed by atoms with Gasteiger partial charge in [0.15, 0.2) is 5.82 Å². The van der Waals surface area contributed by atoms with Crippen LogP contribution < -0.4 is 15.5 Å². The molecule has 2 N–H and O–H groups in total. The Balaban J connectivity index is 1.60. The molecule has 2 fully saturated rings. The van der Waals surface area contributed by atoms with Crippen molar-refractivity contribution in [2.75, 3.05) is 31.6 Å². The number of anilines is 1. The third-order valence-electron chi connectivity index (χ3n) is 6.11. The molecule has 9 heteroatoms. The van der Waals surface area contributed by atoms with Gasteiger partial charge in [0.05, 0.1) is 17.9 Å². The Kier molecular flexibility index (Phi) is 5.55. The van der Waals surface area contributed by atoms with Gasteiger partial charge in [-0.25, -0.2) is 13.9 Å². The van der Waals surface area contributed by atoms with Gasteiger partial charge in [-0.1, -0.05) is 9.24 Å². The average molecular weight is 407 g/mol. The van der Waals surface area contributed by atoms with Crippen molar-refractivity contribution in [3.63, 3.8) is 0 Å². The molecular weight excluding hydrogens is 376 g/mol. The highest BCUT2D eigenvalue weighted by atomic mass is 31.0. The number of hydrogen-bond donors (Lipinski definition) is 2. The average Bonchev–Trinajstić information content (AvgIpc) is 3.05. The summed E-state index contributed by atoms with van der Waals surface area (Å²) in [6, 6.07) is 0.522. The Bertz CT molecular complexity index is 829. The van der Waals surface area contributed by atoms with Crippen molar-refractivity contribution < 1.29 is 4.39 Å². The highest BCUT2D eigenvalue weighted by molar-refractivity contribution is 7.18. The zero-order chi connectivity index (χ0) is 19.9. The van der Waals surface area contributed by atoms with Crippen LogP contribution in [0.2, 0.25) is 0 Å². The molecule has 7 nitrogen and oxygen atoms in total. The number of halogens is 1. The highest BCUT2D eigenvalue weighted by Crippen LogP contribution is 2.43. The Hall–Kier alpha value is -1.37. The number of fused-ring (bicyclic) bond motifs is 1. The number of nitrogens with zero attached hydrogens (tertiary/aromatic N) is 5. The fraction of sp³-hybridized carbons (Fsp3) is 0.737. The smallest absolute Gasteiger partial charge is 0.252 e. The van der Waals surface area contributed by atoms with Crippen molar-refractivity contribution in [1.29, 1.82) is 0 Å². The van der Waals surface area contributed by atoms with Crippen molar-refractivity contribution in [2.24, 2.45) is 5.92 Å². The minimum atomic E-state index is -1.11. The summed E-state index contributed by atoms with van der Waals surface area (Å²) in [5, 5.41) is 10.5. The molecule has 0 amide bonds. The second kappa shape index (κ2) is 7.81. The topological polar surface area (TPSA) is 70.4 Å². The number of aromatic nitrogens is 4. The lowest BCUT2D eigenvalue weighted by molar-refractivity contribution is 0.153.